The first-order valence-electron chi connectivity index (χ1n) is 7.50. The minimum atomic E-state index is -0.547. The second-order valence-electron chi connectivity index (χ2n) is 5.41. The lowest BCUT2D eigenvalue weighted by molar-refractivity contribution is 0.0787. The van der Waals surface area contributed by atoms with Crippen molar-refractivity contribution in [3.63, 3.8) is 0 Å². The average molecular weight is 391 g/mol. The number of pyridine rings is 2. The number of aromatic amines is 1. The smallest absolute Gasteiger partial charge is 0.274 e. The van der Waals surface area contributed by atoms with Crippen LogP contribution < -0.4 is 10.7 Å². The molecule has 8 heteroatoms. The van der Waals surface area contributed by atoms with Gasteiger partial charge in [0.1, 0.15) is 17.1 Å². The van der Waals surface area contributed by atoms with Gasteiger partial charge in [-0.15, -0.1) is 0 Å². The number of aromatic nitrogens is 2. The molecular formula is C16H15BrN4O3. The number of nitrogens with one attached hydrogen (secondary N) is 2. The molecule has 1 aliphatic heterocycles. The normalized spacial score (nSPS) is 13.8. The molecule has 0 atom stereocenters. The van der Waals surface area contributed by atoms with E-state index >= 15 is 0 Å². The minimum Gasteiger partial charge on any atom is -0.365 e. The van der Waals surface area contributed by atoms with E-state index in [0.29, 0.717) is 17.6 Å². The zero-order chi connectivity index (χ0) is 17.1. The van der Waals surface area contributed by atoms with Gasteiger partial charge in [0.15, 0.2) is 0 Å². The summed E-state index contributed by atoms with van der Waals surface area (Å²) in [6.07, 6.45) is 4.84. The van der Waals surface area contributed by atoms with Gasteiger partial charge in [0.2, 0.25) is 5.43 Å². The molecule has 2 aromatic heterocycles. The Morgan fingerprint density at radius 2 is 1.88 bits per heavy atom. The lowest BCUT2D eigenvalue weighted by Crippen LogP contribution is -2.29. The highest BCUT2D eigenvalue weighted by Gasteiger charge is 2.21. The second-order valence-corrected chi connectivity index (χ2v) is 6.26. The van der Waals surface area contributed by atoms with Crippen LogP contribution in [-0.2, 0) is 0 Å². The summed E-state index contributed by atoms with van der Waals surface area (Å²) in [6, 6.07) is 4.70. The lowest BCUT2D eigenvalue weighted by Gasteiger charge is -2.14. The molecule has 24 heavy (non-hydrogen) atoms. The Kier molecular flexibility index (Phi) is 4.75. The summed E-state index contributed by atoms with van der Waals surface area (Å²) in [5, 5.41) is 2.50. The van der Waals surface area contributed by atoms with Gasteiger partial charge in [-0.3, -0.25) is 14.4 Å². The Bertz CT molecular complexity index is 843. The molecule has 2 aromatic rings. The third-order valence-electron chi connectivity index (χ3n) is 3.74. The standard InChI is InChI=1S/C16H15BrN4O3/c17-10-8-18-9-13(14(10)22)20-15(23)11-4-3-5-12(19-11)16(24)21-6-1-2-7-21/h3-5,8-9H,1-2,6-7H2,(H,18,22)(H,20,23). The van der Waals surface area contributed by atoms with Gasteiger partial charge in [-0.1, -0.05) is 6.07 Å². The van der Waals surface area contributed by atoms with E-state index in [1.807, 2.05) is 0 Å². The predicted octanol–water partition coefficient (Wildman–Crippen LogP) is 2.02. The summed E-state index contributed by atoms with van der Waals surface area (Å²) >= 11 is 3.10. The van der Waals surface area contributed by atoms with Crippen LogP contribution in [0.1, 0.15) is 33.8 Å². The number of hydrogen-bond donors (Lipinski definition) is 2. The Labute approximate surface area is 146 Å². The number of likely N-dealkylation sites (tertiary alicyclic amines) is 1. The van der Waals surface area contributed by atoms with Crippen LogP contribution in [0.15, 0.2) is 39.9 Å². The van der Waals surface area contributed by atoms with Crippen LogP contribution in [0.2, 0.25) is 0 Å². The van der Waals surface area contributed by atoms with Gasteiger partial charge in [-0.25, -0.2) is 4.98 Å². The molecule has 2 N–H and O–H groups in total. The molecule has 0 aliphatic carbocycles. The molecule has 7 nitrogen and oxygen atoms in total. The van der Waals surface area contributed by atoms with Gasteiger partial charge >= 0.3 is 0 Å². The molecule has 0 radical (unpaired) electrons. The van der Waals surface area contributed by atoms with Crippen LogP contribution in [0.4, 0.5) is 5.69 Å². The third kappa shape index (κ3) is 3.38. The van der Waals surface area contributed by atoms with Crippen LogP contribution in [0.3, 0.4) is 0 Å². The van der Waals surface area contributed by atoms with Crippen molar-refractivity contribution in [2.45, 2.75) is 12.8 Å². The first-order valence-corrected chi connectivity index (χ1v) is 8.30. The highest BCUT2D eigenvalue weighted by molar-refractivity contribution is 9.10. The van der Waals surface area contributed by atoms with Gasteiger partial charge < -0.3 is 15.2 Å². The van der Waals surface area contributed by atoms with E-state index in [2.05, 4.69) is 31.2 Å². The zero-order valence-electron chi connectivity index (χ0n) is 12.7. The molecule has 3 rings (SSSR count). The van der Waals surface area contributed by atoms with Crippen molar-refractivity contribution in [2.24, 2.45) is 0 Å². The van der Waals surface area contributed by atoms with E-state index in [-0.39, 0.29) is 28.4 Å². The number of rotatable bonds is 3. The third-order valence-corrected chi connectivity index (χ3v) is 4.33. The second kappa shape index (κ2) is 6.96. The van der Waals surface area contributed by atoms with Crippen LogP contribution >= 0.6 is 15.9 Å². The van der Waals surface area contributed by atoms with Crippen LogP contribution in [0.5, 0.6) is 0 Å². The molecule has 0 unspecified atom stereocenters. The van der Waals surface area contributed by atoms with E-state index < -0.39 is 5.91 Å². The summed E-state index contributed by atoms with van der Waals surface area (Å²) in [5.74, 6) is -0.725. The molecule has 0 aromatic carbocycles. The van der Waals surface area contributed by atoms with Crippen LogP contribution in [0, 0.1) is 0 Å². The predicted molar refractivity (Wildman–Crippen MR) is 92.1 cm³/mol. The summed E-state index contributed by atoms with van der Waals surface area (Å²) < 4.78 is 0.311. The van der Waals surface area contributed by atoms with Crippen molar-refractivity contribution in [2.75, 3.05) is 18.4 Å². The number of H-pyrrole nitrogens is 1. The monoisotopic (exact) mass is 390 g/mol. The van der Waals surface area contributed by atoms with E-state index in [0.717, 1.165) is 12.8 Å². The average Bonchev–Trinajstić information content (AvgIpc) is 3.13. The fourth-order valence-corrected chi connectivity index (χ4v) is 2.85. The number of amides is 2. The number of carbonyl (C=O) groups excluding carboxylic acids is 2. The van der Waals surface area contributed by atoms with E-state index in [1.54, 1.807) is 17.0 Å². The Morgan fingerprint density at radius 1 is 1.17 bits per heavy atom. The Morgan fingerprint density at radius 3 is 2.62 bits per heavy atom. The first-order chi connectivity index (χ1) is 11.6. The highest BCUT2D eigenvalue weighted by atomic mass is 79.9. The summed E-state index contributed by atoms with van der Waals surface area (Å²) in [6.45, 7) is 1.43. The van der Waals surface area contributed by atoms with Crippen molar-refractivity contribution < 1.29 is 9.59 Å². The molecular weight excluding hydrogens is 376 g/mol. The minimum absolute atomic E-state index is 0.0828. The largest absolute Gasteiger partial charge is 0.365 e. The molecule has 1 aliphatic rings. The van der Waals surface area contributed by atoms with Crippen molar-refractivity contribution >= 4 is 33.4 Å². The van der Waals surface area contributed by atoms with E-state index in [9.17, 15) is 14.4 Å². The van der Waals surface area contributed by atoms with Crippen molar-refractivity contribution in [3.8, 4) is 0 Å². The fourth-order valence-electron chi connectivity index (χ4n) is 2.50. The zero-order valence-corrected chi connectivity index (χ0v) is 14.3. The Hall–Kier alpha value is -2.48. The summed E-state index contributed by atoms with van der Waals surface area (Å²) in [7, 11) is 0. The molecule has 1 saturated heterocycles. The maximum Gasteiger partial charge on any atom is 0.274 e. The Balaban J connectivity index is 1.80. The van der Waals surface area contributed by atoms with Gasteiger partial charge in [0.05, 0.1) is 4.47 Å². The van der Waals surface area contributed by atoms with Gasteiger partial charge in [-0.2, -0.15) is 0 Å². The maximum atomic E-state index is 12.3. The number of nitrogens with zero attached hydrogens (tertiary/aromatic N) is 2. The molecule has 0 bridgehead atoms. The van der Waals surface area contributed by atoms with Gasteiger partial charge in [-0.05, 0) is 40.9 Å². The molecule has 124 valence electrons. The topological polar surface area (TPSA) is 95.2 Å². The molecule has 2 amide bonds. The fraction of sp³-hybridized carbons (Fsp3) is 0.250. The molecule has 1 fully saturated rings. The first kappa shape index (κ1) is 16.4. The molecule has 3 heterocycles. The SMILES string of the molecule is O=C(Nc1c[nH]cc(Br)c1=O)c1cccc(C(=O)N2CCCC2)n1. The lowest BCUT2D eigenvalue weighted by atomic mass is 10.2. The van der Waals surface area contributed by atoms with Crippen molar-refractivity contribution in [1.29, 1.82) is 0 Å². The molecule has 0 spiro atoms. The van der Waals surface area contributed by atoms with Gasteiger partial charge in [0, 0.05) is 25.5 Å². The van der Waals surface area contributed by atoms with Gasteiger partial charge in [0.25, 0.3) is 11.8 Å². The molecule has 0 saturated carbocycles. The summed E-state index contributed by atoms with van der Waals surface area (Å²) in [4.78, 5) is 45.2. The number of halogens is 1. The number of carbonyl (C=O) groups is 2. The quantitative estimate of drug-likeness (QED) is 0.837. The van der Waals surface area contributed by atoms with Crippen molar-refractivity contribution in [1.82, 2.24) is 14.9 Å². The highest BCUT2D eigenvalue weighted by Crippen LogP contribution is 2.13. The van der Waals surface area contributed by atoms with Crippen LogP contribution in [0.25, 0.3) is 0 Å². The maximum absolute atomic E-state index is 12.3. The number of hydrogen-bond acceptors (Lipinski definition) is 4. The van der Waals surface area contributed by atoms with Crippen LogP contribution in [-0.4, -0.2) is 39.8 Å². The summed E-state index contributed by atoms with van der Waals surface area (Å²) in [5.41, 5.74) is 0.0750. The van der Waals surface area contributed by atoms with Crippen molar-refractivity contribution in [3.05, 3.63) is 56.7 Å². The van der Waals surface area contributed by atoms with E-state index in [1.165, 1.54) is 18.5 Å². The van der Waals surface area contributed by atoms with E-state index in [4.69, 9.17) is 0 Å². The number of anilines is 1.